The molecule has 0 spiro atoms. The van der Waals surface area contributed by atoms with Gasteiger partial charge in [0.05, 0.1) is 12.1 Å². The molecule has 164 valence electrons. The third-order valence-electron chi connectivity index (χ3n) is 4.17. The maximum atomic E-state index is 12.2. The zero-order valence-electron chi connectivity index (χ0n) is 17.3. The fourth-order valence-corrected chi connectivity index (χ4v) is 4.15. The second kappa shape index (κ2) is 10.4. The van der Waals surface area contributed by atoms with E-state index in [0.29, 0.717) is 33.0 Å². The highest BCUT2D eigenvalue weighted by Gasteiger charge is 2.34. The number of para-hydroxylation sites is 1. The number of benzene rings is 2. The van der Waals surface area contributed by atoms with Crippen LogP contribution >= 0.6 is 23.4 Å². The summed E-state index contributed by atoms with van der Waals surface area (Å²) in [5, 5.41) is 8.49. The Morgan fingerprint density at radius 2 is 1.84 bits per heavy atom. The molecule has 0 aliphatic carbocycles. The van der Waals surface area contributed by atoms with E-state index in [9.17, 15) is 9.59 Å². The molecule has 1 N–H and O–H groups in total. The molecule has 2 amide bonds. The van der Waals surface area contributed by atoms with Crippen molar-refractivity contribution in [2.45, 2.75) is 19.2 Å². The van der Waals surface area contributed by atoms with Gasteiger partial charge in [0.25, 0.3) is 0 Å². The third-order valence-corrected chi connectivity index (χ3v) is 5.56. The van der Waals surface area contributed by atoms with Crippen LogP contribution in [0, 0.1) is 0 Å². The lowest BCUT2D eigenvalue weighted by Gasteiger charge is -2.22. The number of amidine groups is 1. The summed E-state index contributed by atoms with van der Waals surface area (Å²) in [6.07, 6.45) is 0. The Morgan fingerprint density at radius 1 is 1.13 bits per heavy atom. The zero-order chi connectivity index (χ0) is 22.4. The number of amides is 2. The van der Waals surface area contributed by atoms with E-state index >= 15 is 0 Å². The number of nitrogens with zero attached hydrogens (tertiary/aromatic N) is 2. The molecule has 10 heteroatoms. The monoisotopic (exact) mass is 463 g/mol. The lowest BCUT2D eigenvalue weighted by molar-refractivity contribution is -0.129. The van der Waals surface area contributed by atoms with E-state index in [1.807, 2.05) is 12.1 Å². The van der Waals surface area contributed by atoms with Gasteiger partial charge in [-0.1, -0.05) is 35.5 Å². The number of rotatable bonds is 7. The van der Waals surface area contributed by atoms with Gasteiger partial charge in [-0.2, -0.15) is 0 Å². The number of nitrogens with one attached hydrogen (secondary N) is 1. The number of methoxy groups -OCH3 is 1. The van der Waals surface area contributed by atoms with Crippen molar-refractivity contribution in [3.63, 3.8) is 0 Å². The molecule has 0 aromatic heterocycles. The maximum Gasteiger partial charge on any atom is 0.241 e. The van der Waals surface area contributed by atoms with Crippen molar-refractivity contribution < 1.29 is 23.8 Å². The van der Waals surface area contributed by atoms with Crippen molar-refractivity contribution in [3.8, 4) is 17.2 Å². The summed E-state index contributed by atoms with van der Waals surface area (Å²) in [5.41, 5.74) is 0.682. The molecular weight excluding hydrogens is 442 g/mol. The van der Waals surface area contributed by atoms with Gasteiger partial charge in [0, 0.05) is 19.4 Å². The highest BCUT2D eigenvalue weighted by Crippen LogP contribution is 2.43. The van der Waals surface area contributed by atoms with Crippen molar-refractivity contribution in [3.05, 3.63) is 53.1 Å². The first-order valence-electron chi connectivity index (χ1n) is 9.39. The fraction of sp³-hybridized carbons (Fsp3) is 0.286. The summed E-state index contributed by atoms with van der Waals surface area (Å²) in [6, 6.07) is 12.5. The zero-order valence-corrected chi connectivity index (χ0v) is 18.8. The summed E-state index contributed by atoms with van der Waals surface area (Å²) < 4.78 is 16.9. The molecule has 1 unspecified atom stereocenters. The molecule has 31 heavy (non-hydrogen) atoms. The van der Waals surface area contributed by atoms with Crippen LogP contribution in [0.4, 0.5) is 0 Å². The normalized spacial score (nSPS) is 15.3. The Labute approximate surface area is 189 Å². The predicted molar refractivity (Wildman–Crippen MR) is 120 cm³/mol. The topological polar surface area (TPSA) is 89.5 Å². The maximum absolute atomic E-state index is 12.2. The molecule has 8 nitrogen and oxygen atoms in total. The Balaban J connectivity index is 1.76. The Kier molecular flexibility index (Phi) is 7.64. The summed E-state index contributed by atoms with van der Waals surface area (Å²) in [6.45, 7) is 3.32. The van der Waals surface area contributed by atoms with Crippen LogP contribution in [0.2, 0.25) is 5.02 Å². The number of carbonyl (C=O) groups excluding carboxylic acids is 2. The van der Waals surface area contributed by atoms with Gasteiger partial charge in [0.15, 0.2) is 5.17 Å². The summed E-state index contributed by atoms with van der Waals surface area (Å²) in [4.78, 5) is 23.6. The molecule has 1 aliphatic heterocycles. The lowest BCUT2D eigenvalue weighted by Crippen LogP contribution is -2.25. The quantitative estimate of drug-likeness (QED) is 0.628. The van der Waals surface area contributed by atoms with Gasteiger partial charge in [-0.15, -0.1) is 5.10 Å². The molecule has 1 heterocycles. The standard InChI is InChI=1S/C21H22ClN3O5S/c1-13(26)23-21-24-25(14(2)27)20(31-21)16-12-15(28-3)8-9-18(16)29-10-11-30-19-7-5-4-6-17(19)22/h4-9,12,20H,10-11H2,1-3H3,(H,23,24,26). The van der Waals surface area contributed by atoms with Gasteiger partial charge in [-0.05, 0) is 30.3 Å². The smallest absolute Gasteiger partial charge is 0.241 e. The molecule has 2 aromatic carbocycles. The second-order valence-corrected chi connectivity index (χ2v) is 7.93. The van der Waals surface area contributed by atoms with Crippen LogP contribution in [0.15, 0.2) is 47.6 Å². The third kappa shape index (κ3) is 5.83. The molecule has 0 bridgehead atoms. The SMILES string of the molecule is COc1ccc(OCCOc2ccccc2Cl)c(C2SC(NC(C)=O)=NN2C(C)=O)c1. The van der Waals surface area contributed by atoms with Crippen molar-refractivity contribution in [1.29, 1.82) is 0 Å². The van der Waals surface area contributed by atoms with Crippen molar-refractivity contribution in [1.82, 2.24) is 10.3 Å². The molecule has 3 rings (SSSR count). The number of carbonyl (C=O) groups is 2. The van der Waals surface area contributed by atoms with Crippen molar-refractivity contribution in [2.24, 2.45) is 5.10 Å². The average molecular weight is 464 g/mol. The molecule has 1 atom stereocenters. The number of ether oxygens (including phenoxy) is 3. The minimum Gasteiger partial charge on any atom is -0.497 e. The number of hydrogen-bond donors (Lipinski definition) is 1. The van der Waals surface area contributed by atoms with E-state index < -0.39 is 5.37 Å². The number of halogens is 1. The Hall–Kier alpha value is -2.91. The molecule has 0 radical (unpaired) electrons. The highest BCUT2D eigenvalue weighted by atomic mass is 35.5. The van der Waals surface area contributed by atoms with Crippen LogP contribution in [0.1, 0.15) is 24.8 Å². The minimum atomic E-state index is -0.520. The minimum absolute atomic E-state index is 0.251. The van der Waals surface area contributed by atoms with E-state index in [2.05, 4.69) is 10.4 Å². The van der Waals surface area contributed by atoms with Crippen LogP contribution in [0.25, 0.3) is 0 Å². The van der Waals surface area contributed by atoms with Gasteiger partial charge in [0.1, 0.15) is 35.8 Å². The van der Waals surface area contributed by atoms with Gasteiger partial charge < -0.3 is 19.5 Å². The number of thioether (sulfide) groups is 1. The molecule has 1 aliphatic rings. The molecular formula is C21H22ClN3O5S. The van der Waals surface area contributed by atoms with Crippen LogP contribution in [0.3, 0.4) is 0 Å². The first kappa shape index (κ1) is 22.8. The molecule has 0 fully saturated rings. The molecule has 0 saturated heterocycles. The van der Waals surface area contributed by atoms with Gasteiger partial charge in [-0.25, -0.2) is 5.01 Å². The van der Waals surface area contributed by atoms with Gasteiger partial charge in [-0.3, -0.25) is 9.59 Å². The van der Waals surface area contributed by atoms with E-state index in [1.165, 1.54) is 30.6 Å². The van der Waals surface area contributed by atoms with Crippen molar-refractivity contribution in [2.75, 3.05) is 20.3 Å². The second-order valence-electron chi connectivity index (χ2n) is 6.45. The first-order chi connectivity index (χ1) is 14.9. The van der Waals surface area contributed by atoms with Crippen LogP contribution in [-0.4, -0.2) is 42.3 Å². The van der Waals surface area contributed by atoms with Gasteiger partial charge in [0.2, 0.25) is 11.8 Å². The first-order valence-corrected chi connectivity index (χ1v) is 10.7. The summed E-state index contributed by atoms with van der Waals surface area (Å²) >= 11 is 7.34. The lowest BCUT2D eigenvalue weighted by atomic mass is 10.1. The van der Waals surface area contributed by atoms with E-state index in [4.69, 9.17) is 25.8 Å². The van der Waals surface area contributed by atoms with E-state index in [-0.39, 0.29) is 25.0 Å². The fourth-order valence-electron chi connectivity index (χ4n) is 2.81. The average Bonchev–Trinajstić information content (AvgIpc) is 3.15. The number of hydrogen-bond acceptors (Lipinski definition) is 7. The predicted octanol–water partition coefficient (Wildman–Crippen LogP) is 3.81. The summed E-state index contributed by atoms with van der Waals surface area (Å²) in [7, 11) is 1.56. The highest BCUT2D eigenvalue weighted by molar-refractivity contribution is 8.14. The van der Waals surface area contributed by atoms with Crippen molar-refractivity contribution >= 4 is 40.3 Å². The van der Waals surface area contributed by atoms with Crippen LogP contribution in [0.5, 0.6) is 17.2 Å². The van der Waals surface area contributed by atoms with E-state index in [0.717, 1.165) is 0 Å². The van der Waals surface area contributed by atoms with Crippen LogP contribution < -0.4 is 19.5 Å². The summed E-state index contributed by atoms with van der Waals surface area (Å²) in [5.74, 6) is 1.19. The Bertz CT molecular complexity index is 1000. The Morgan fingerprint density at radius 3 is 2.48 bits per heavy atom. The van der Waals surface area contributed by atoms with Crippen LogP contribution in [-0.2, 0) is 9.59 Å². The molecule has 0 saturated carbocycles. The van der Waals surface area contributed by atoms with E-state index in [1.54, 1.807) is 37.4 Å². The largest absolute Gasteiger partial charge is 0.497 e. The number of hydrazone groups is 1. The van der Waals surface area contributed by atoms with Gasteiger partial charge >= 0.3 is 0 Å². The molecule has 2 aromatic rings.